The molecule has 1 aliphatic carbocycles. The van der Waals surface area contributed by atoms with Crippen LogP contribution in [0.25, 0.3) is 55.5 Å². The molecule has 0 bridgehead atoms. The van der Waals surface area contributed by atoms with Gasteiger partial charge in [0, 0.05) is 33.4 Å². The van der Waals surface area contributed by atoms with Crippen molar-refractivity contribution in [3.8, 4) is 57.5 Å². The molecule has 8 N–H and O–H groups in total. The second-order valence-corrected chi connectivity index (χ2v) is 40.9. The fourth-order valence-electron chi connectivity index (χ4n) is 19.1. The van der Waals surface area contributed by atoms with Crippen LogP contribution in [0.5, 0.6) is 57.5 Å². The van der Waals surface area contributed by atoms with Crippen molar-refractivity contribution in [1.29, 1.82) is 0 Å². The third-order valence-electron chi connectivity index (χ3n) is 26.9. The molecule has 4 heterocycles. The van der Waals surface area contributed by atoms with E-state index in [9.17, 15) is 40.9 Å². The number of fused-ring (bicyclic) bond motifs is 10. The highest BCUT2D eigenvalue weighted by atomic mass is 16.5. The predicted molar refractivity (Wildman–Crippen MR) is 575 cm³/mol. The van der Waals surface area contributed by atoms with Crippen LogP contribution in [0.3, 0.4) is 0 Å². The maximum atomic E-state index is 10.7. The smallest absolute Gasteiger partial charge is 0.139 e. The number of benzene rings is 8. The minimum Gasteiger partial charge on any atom is -0.508 e. The number of hydrogen-bond donors (Lipinski definition) is 8. The lowest BCUT2D eigenvalue weighted by Gasteiger charge is -2.42. The van der Waals surface area contributed by atoms with Crippen molar-refractivity contribution in [2.24, 2.45) is 11.8 Å². The Labute approximate surface area is 817 Å². The van der Waals surface area contributed by atoms with Gasteiger partial charge in [-0.05, 0) is 384 Å². The molecule has 5 atom stereocenters. The summed E-state index contributed by atoms with van der Waals surface area (Å²) in [5, 5.41) is 87.0. The first-order valence-corrected chi connectivity index (χ1v) is 51.4. The molecule has 8 aromatic carbocycles. The summed E-state index contributed by atoms with van der Waals surface area (Å²) in [4.78, 5) is 0. The van der Waals surface area contributed by atoms with Crippen molar-refractivity contribution in [2.45, 2.75) is 381 Å². The number of methoxy groups -OCH3 is 1. The molecule has 3 aliphatic rings. The highest BCUT2D eigenvalue weighted by molar-refractivity contribution is 6.14. The Hall–Kier alpha value is -10.5. The third-order valence-corrected chi connectivity index (χ3v) is 26.9. The number of phenolic OH excluding ortho intramolecular Hbond substituents is 7. The number of furan rings is 2. The van der Waals surface area contributed by atoms with E-state index in [0.717, 1.165) is 262 Å². The molecule has 1 saturated carbocycles. The van der Waals surface area contributed by atoms with E-state index in [1.165, 1.54) is 84.8 Å². The van der Waals surface area contributed by atoms with Crippen molar-refractivity contribution in [3.63, 3.8) is 0 Å². The van der Waals surface area contributed by atoms with Crippen molar-refractivity contribution >= 4 is 55.5 Å². The van der Waals surface area contributed by atoms with Crippen LogP contribution in [0, 0.1) is 25.7 Å². The van der Waals surface area contributed by atoms with E-state index in [-0.39, 0.29) is 35.0 Å². The minimum absolute atomic E-state index is 0.0713. The molecular formula is C123H170O13. The molecule has 0 spiro atoms. The summed E-state index contributed by atoms with van der Waals surface area (Å²) in [5.41, 5.74) is 24.4. The highest BCUT2D eigenvalue weighted by Crippen LogP contribution is 2.57. The van der Waals surface area contributed by atoms with Crippen LogP contribution >= 0.6 is 0 Å². The first kappa shape index (κ1) is 111. The number of hydrogen-bond acceptors (Lipinski definition) is 13. The Balaban J connectivity index is 0.000000201. The summed E-state index contributed by atoms with van der Waals surface area (Å²) < 4.78 is 30.3. The quantitative estimate of drug-likeness (QED) is 0.0135. The molecular weight excluding hydrogens is 1690 g/mol. The van der Waals surface area contributed by atoms with Gasteiger partial charge in [0.1, 0.15) is 91.5 Å². The van der Waals surface area contributed by atoms with Gasteiger partial charge in [0.05, 0.1) is 29.0 Å². The van der Waals surface area contributed by atoms with Crippen LogP contribution in [-0.4, -0.2) is 65.3 Å². The van der Waals surface area contributed by atoms with Crippen molar-refractivity contribution in [3.05, 3.63) is 246 Å². The Bertz CT molecular complexity index is 5740. The molecule has 1 fully saturated rings. The van der Waals surface area contributed by atoms with Crippen LogP contribution in [0.1, 0.15) is 376 Å². The Morgan fingerprint density at radius 1 is 0.485 bits per heavy atom. The summed E-state index contributed by atoms with van der Waals surface area (Å²) >= 11 is 0. The molecule has 10 aromatic rings. The van der Waals surface area contributed by atoms with Crippen LogP contribution in [0.15, 0.2) is 177 Å². The number of ether oxygens (including phenoxy) is 3. The van der Waals surface area contributed by atoms with Gasteiger partial charge in [-0.3, -0.25) is 0 Å². The summed E-state index contributed by atoms with van der Waals surface area (Å²) in [7, 11) is 1.68. The average molecular weight is 1860 g/mol. The van der Waals surface area contributed by atoms with E-state index in [1.807, 2.05) is 70.2 Å². The molecule has 740 valence electrons. The summed E-state index contributed by atoms with van der Waals surface area (Å²) in [6.45, 7) is 52.6. The molecule has 2 aliphatic heterocycles. The molecule has 0 amide bonds. The maximum Gasteiger partial charge on any atom is 0.139 e. The summed E-state index contributed by atoms with van der Waals surface area (Å²) in [6, 6.07) is 31.8. The lowest BCUT2D eigenvalue weighted by atomic mass is 9.65. The standard InChI is InChI=1S/C22H34O2.C21H32O3.C21H26O2.C21H24O2.C19H26O2.C19H28O2/c1-6-7-8-12-19-15-21(23)20(22(16-19)24-5)14-13-18(4)11-9-10-17(2)3;1-5-6-7-8-14-11-16(22)19-17(12-14)24-20-13(2)9-10-15(18(19)20)21(3,4)23;2*1-5-6-7-8-15-11-17(22)20-18(12-15)23-21-14(4)9-10-16(13(2)3)19(20)21;1-5-7-15-12-17(20)16-9-11-19(4,21-18(16)13-15)10-6-8-14(2)3;1-5-7-16-12-18(20)17(19(21)13-16)11-10-15(4)9-6-8-14(2)3/h10,13,15-16,23H,6-9,11-12,14H2,1-5H3;11-13,15,18,20,22-23H,5-10H2,1-4H3;9-13,22H,5-8H2,1-4H3;9-12,22H,2,5-8H2,1,3-4H3;8-9,11-13,20H,5-7,10H2,1-4H3;8,10,12-13,20-21H,5-7,9,11H2,1-4H3/b18-13+;;;;;15-10+. The average Bonchev–Trinajstić information content (AvgIpc) is 1.62. The lowest BCUT2D eigenvalue weighted by Crippen LogP contribution is -2.45. The zero-order valence-electron chi connectivity index (χ0n) is 87.7. The Morgan fingerprint density at radius 3 is 1.39 bits per heavy atom. The summed E-state index contributed by atoms with van der Waals surface area (Å²) in [6.07, 6.45) is 46.7. The van der Waals surface area contributed by atoms with Crippen LogP contribution in [0.4, 0.5) is 0 Å². The van der Waals surface area contributed by atoms with Gasteiger partial charge in [0.2, 0.25) is 0 Å². The fourth-order valence-corrected chi connectivity index (χ4v) is 19.1. The van der Waals surface area contributed by atoms with Crippen molar-refractivity contribution < 1.29 is 63.9 Å². The van der Waals surface area contributed by atoms with Gasteiger partial charge in [-0.2, -0.15) is 0 Å². The Morgan fingerprint density at radius 2 is 0.912 bits per heavy atom. The topological polar surface area (TPSA) is 216 Å². The summed E-state index contributed by atoms with van der Waals surface area (Å²) in [5.74, 6) is 5.59. The van der Waals surface area contributed by atoms with E-state index in [4.69, 9.17) is 23.0 Å². The second-order valence-electron chi connectivity index (χ2n) is 40.9. The third kappa shape index (κ3) is 31.5. The zero-order valence-corrected chi connectivity index (χ0v) is 87.7. The Kier molecular flexibility index (Phi) is 43.5. The number of unbranched alkanes of at least 4 members (excludes halogenated alkanes) is 8. The van der Waals surface area contributed by atoms with Gasteiger partial charge < -0.3 is 63.9 Å². The lowest BCUT2D eigenvalue weighted by molar-refractivity contribution is -0.0432. The van der Waals surface area contributed by atoms with Gasteiger partial charge in [0.15, 0.2) is 0 Å². The van der Waals surface area contributed by atoms with Crippen LogP contribution in [-0.2, 0) is 51.4 Å². The monoisotopic (exact) mass is 1860 g/mol. The van der Waals surface area contributed by atoms with Gasteiger partial charge in [0.25, 0.3) is 0 Å². The van der Waals surface area contributed by atoms with Gasteiger partial charge >= 0.3 is 0 Å². The normalized spacial score (nSPS) is 15.9. The molecule has 13 rings (SSSR count). The maximum absolute atomic E-state index is 10.7. The van der Waals surface area contributed by atoms with Gasteiger partial charge in [-0.25, -0.2) is 0 Å². The van der Waals surface area contributed by atoms with Crippen molar-refractivity contribution in [2.75, 3.05) is 7.11 Å². The SMILES string of the molecule is C=C(C)c1ccc(C)c2oc3cc(CCCCC)cc(O)c3c12.CCCCCc1cc(O)c(C/C=C(\C)CCC=C(C)C)c(OC)c1.CCCCCc1cc(O)c2c(c1)OC1C(C)CCC(C(C)(C)O)C21.CCCCCc1cc(O)c2c(c1)oc1c(C)ccc(C(C)C)c12.CCCc1cc(O)c(C/C=C(\C)CCC=C(C)C)c(O)c1.CCCc1cc(O)c2c(c1)OC(C)(CCC=C(C)C)C=C2. The van der Waals surface area contributed by atoms with E-state index in [0.29, 0.717) is 59.0 Å². The largest absolute Gasteiger partial charge is 0.508 e. The van der Waals surface area contributed by atoms with Gasteiger partial charge in [-0.15, -0.1) is 0 Å². The molecule has 2 aromatic heterocycles. The van der Waals surface area contributed by atoms with E-state index in [1.54, 1.807) is 19.2 Å². The number of aliphatic hydroxyl groups is 1. The highest BCUT2D eigenvalue weighted by Gasteiger charge is 2.51. The number of allylic oxidation sites excluding steroid dienone is 11. The van der Waals surface area contributed by atoms with Crippen LogP contribution < -0.4 is 14.2 Å². The number of aryl methyl sites for hydroxylation is 8. The predicted octanol–water partition coefficient (Wildman–Crippen LogP) is 34.5. The van der Waals surface area contributed by atoms with E-state index < -0.39 is 5.60 Å². The molecule has 13 nitrogen and oxygen atoms in total. The van der Waals surface area contributed by atoms with E-state index in [2.05, 4.69) is 223 Å². The van der Waals surface area contributed by atoms with Crippen molar-refractivity contribution in [1.82, 2.24) is 0 Å². The molecule has 0 saturated heterocycles. The fraction of sp³-hybridized carbons (Fsp3) is 0.496. The minimum atomic E-state index is -0.764. The van der Waals surface area contributed by atoms with E-state index >= 15 is 0 Å². The molecule has 0 radical (unpaired) electrons. The molecule has 136 heavy (non-hydrogen) atoms. The zero-order chi connectivity index (χ0) is 99.8. The van der Waals surface area contributed by atoms with Crippen LogP contribution in [0.2, 0.25) is 0 Å². The first-order chi connectivity index (χ1) is 64.7. The number of phenols is 7. The number of rotatable bonds is 37. The molecule has 5 unspecified atom stereocenters. The molecule has 13 heteroatoms. The second kappa shape index (κ2) is 53.4. The van der Waals surface area contributed by atoms with Gasteiger partial charge in [-0.1, -0.05) is 221 Å². The number of aromatic hydroxyl groups is 7. The first-order valence-electron chi connectivity index (χ1n) is 51.4.